The van der Waals surface area contributed by atoms with Crippen molar-refractivity contribution in [2.24, 2.45) is 0 Å². The predicted molar refractivity (Wildman–Crippen MR) is 109 cm³/mol. The van der Waals surface area contributed by atoms with Gasteiger partial charge in [0.1, 0.15) is 5.70 Å². The summed E-state index contributed by atoms with van der Waals surface area (Å²) in [6, 6.07) is 19.3. The Kier molecular flexibility index (Phi) is 5.27. The van der Waals surface area contributed by atoms with Crippen molar-refractivity contribution in [2.45, 2.75) is 22.5 Å². The first-order chi connectivity index (χ1) is 13.2. The average molecular weight is 398 g/mol. The zero-order valence-corrected chi connectivity index (χ0v) is 16.4. The molecule has 2 aromatic carbocycles. The number of β-lactam (4-membered cyclic amide) rings is 1. The molecule has 0 bridgehead atoms. The maximum atomic E-state index is 13.0. The summed E-state index contributed by atoms with van der Waals surface area (Å²) in [5.41, 5.74) is 2.16. The number of carbonyl (C=O) groups is 2. The molecule has 1 saturated heterocycles. The maximum absolute atomic E-state index is 13.0. The van der Waals surface area contributed by atoms with Crippen LogP contribution in [-0.2, 0) is 14.3 Å². The van der Waals surface area contributed by atoms with Crippen molar-refractivity contribution in [3.63, 3.8) is 0 Å². The van der Waals surface area contributed by atoms with Gasteiger partial charge in [-0.15, -0.1) is 23.5 Å². The fourth-order valence-corrected chi connectivity index (χ4v) is 5.43. The number of nitrogens with zero attached hydrogens (tertiary/aromatic N) is 1. The highest BCUT2D eigenvalue weighted by atomic mass is 32.2. The van der Waals surface area contributed by atoms with E-state index in [0.717, 1.165) is 11.1 Å². The Bertz CT molecular complexity index is 830. The molecule has 138 valence electrons. The number of carbonyl (C=O) groups excluding carboxylic acids is 2. The molecule has 2 atom stereocenters. The number of thioether (sulfide) groups is 2. The molecule has 0 saturated carbocycles. The Morgan fingerprint density at radius 2 is 1.70 bits per heavy atom. The Hall–Kier alpha value is -2.18. The average Bonchev–Trinajstić information content (AvgIpc) is 2.71. The van der Waals surface area contributed by atoms with Crippen LogP contribution in [0.1, 0.15) is 23.7 Å². The lowest BCUT2D eigenvalue weighted by Gasteiger charge is -2.44. The molecule has 0 aromatic heterocycles. The highest BCUT2D eigenvalue weighted by Crippen LogP contribution is 2.44. The Morgan fingerprint density at radius 3 is 2.22 bits per heavy atom. The summed E-state index contributed by atoms with van der Waals surface area (Å²) in [5.74, 6) is -0.476. The Balaban J connectivity index is 1.64. The molecular weight excluding hydrogens is 378 g/mol. The third-order valence-corrected chi connectivity index (χ3v) is 7.23. The molecule has 0 N–H and O–H groups in total. The zero-order chi connectivity index (χ0) is 18.8. The fraction of sp³-hybridized carbons (Fsp3) is 0.238. The minimum Gasteiger partial charge on any atom is -0.448 e. The summed E-state index contributed by atoms with van der Waals surface area (Å²) in [5, 5.41) is 0.0365. The lowest BCUT2D eigenvalue weighted by molar-refractivity contribution is -0.151. The van der Waals surface area contributed by atoms with Crippen molar-refractivity contribution in [2.75, 3.05) is 6.26 Å². The van der Waals surface area contributed by atoms with E-state index >= 15 is 0 Å². The maximum Gasteiger partial charge on any atom is 0.355 e. The summed E-state index contributed by atoms with van der Waals surface area (Å²) in [6.07, 6.45) is 3.81. The number of esters is 1. The molecule has 6 heteroatoms. The SMILES string of the molecule is CSC1C=C(C(=O)OC(c2ccccc2)c2ccccc2)N2C(=O)C[C@H]2S1. The van der Waals surface area contributed by atoms with Crippen molar-refractivity contribution < 1.29 is 14.3 Å². The van der Waals surface area contributed by atoms with Crippen molar-refractivity contribution in [1.29, 1.82) is 0 Å². The second-order valence-electron chi connectivity index (χ2n) is 6.32. The molecule has 0 aliphatic carbocycles. The van der Waals surface area contributed by atoms with E-state index in [1.54, 1.807) is 28.4 Å². The highest BCUT2D eigenvalue weighted by Gasteiger charge is 2.46. The first-order valence-electron chi connectivity index (χ1n) is 8.70. The van der Waals surface area contributed by atoms with Crippen molar-refractivity contribution >= 4 is 35.4 Å². The molecule has 2 aliphatic heterocycles. The van der Waals surface area contributed by atoms with Gasteiger partial charge in [0.25, 0.3) is 0 Å². The van der Waals surface area contributed by atoms with Crippen molar-refractivity contribution in [3.05, 3.63) is 83.6 Å². The third kappa shape index (κ3) is 3.64. The lowest BCUT2D eigenvalue weighted by Crippen LogP contribution is -2.54. The van der Waals surface area contributed by atoms with Gasteiger partial charge in [-0.05, 0) is 23.5 Å². The molecule has 1 fully saturated rings. The topological polar surface area (TPSA) is 46.6 Å². The van der Waals surface area contributed by atoms with E-state index in [9.17, 15) is 9.59 Å². The molecular formula is C21H19NO3S2. The number of hydrogen-bond donors (Lipinski definition) is 0. The van der Waals surface area contributed by atoms with E-state index in [4.69, 9.17) is 4.74 Å². The summed E-state index contributed by atoms with van der Waals surface area (Å²) >= 11 is 3.36. The van der Waals surface area contributed by atoms with Gasteiger partial charge in [-0.25, -0.2) is 4.79 Å². The summed E-state index contributed by atoms with van der Waals surface area (Å²) in [7, 11) is 0. The second-order valence-corrected chi connectivity index (χ2v) is 8.92. The molecule has 2 aromatic rings. The number of ether oxygens (including phenoxy) is 1. The number of hydrogen-bond acceptors (Lipinski definition) is 5. The van der Waals surface area contributed by atoms with Crippen LogP contribution in [-0.4, -0.2) is 33.0 Å². The zero-order valence-electron chi connectivity index (χ0n) is 14.8. The Morgan fingerprint density at radius 1 is 1.11 bits per heavy atom. The predicted octanol–water partition coefficient (Wildman–Crippen LogP) is 4.20. The van der Waals surface area contributed by atoms with Crippen LogP contribution in [0.2, 0.25) is 0 Å². The van der Waals surface area contributed by atoms with Gasteiger partial charge in [-0.1, -0.05) is 60.7 Å². The summed E-state index contributed by atoms with van der Waals surface area (Å²) in [6.45, 7) is 0. The molecule has 1 amide bonds. The number of fused-ring (bicyclic) bond motifs is 1. The molecule has 4 nitrogen and oxygen atoms in total. The first-order valence-corrected chi connectivity index (χ1v) is 10.9. The van der Waals surface area contributed by atoms with Gasteiger partial charge in [0, 0.05) is 0 Å². The van der Waals surface area contributed by atoms with Crippen molar-refractivity contribution in [3.8, 4) is 0 Å². The van der Waals surface area contributed by atoms with Gasteiger partial charge in [0.2, 0.25) is 5.91 Å². The normalized spacial score (nSPS) is 21.3. The van der Waals surface area contributed by atoms with E-state index < -0.39 is 12.1 Å². The third-order valence-electron chi connectivity index (χ3n) is 4.62. The van der Waals surface area contributed by atoms with Crippen LogP contribution in [0.3, 0.4) is 0 Å². The van der Waals surface area contributed by atoms with Crippen LogP contribution in [0.15, 0.2) is 72.4 Å². The molecule has 2 aliphatic rings. The van der Waals surface area contributed by atoms with E-state index in [0.29, 0.717) is 12.1 Å². The molecule has 0 spiro atoms. The first kappa shape index (κ1) is 18.2. The largest absolute Gasteiger partial charge is 0.448 e. The van der Waals surface area contributed by atoms with Crippen LogP contribution in [0, 0.1) is 0 Å². The van der Waals surface area contributed by atoms with Gasteiger partial charge < -0.3 is 4.74 Å². The number of rotatable bonds is 5. The summed E-state index contributed by atoms with van der Waals surface area (Å²) < 4.78 is 6.08. The minimum atomic E-state index is -0.516. The molecule has 4 rings (SSSR count). The highest BCUT2D eigenvalue weighted by molar-refractivity contribution is 8.17. The standard InChI is InChI=1S/C21H19NO3S2/c1-26-19-12-16(22-17(23)13-18(22)27-19)21(24)25-20(14-8-4-2-5-9-14)15-10-6-3-7-11-15/h2-12,18-20H,13H2,1H3/t18-,19?/m1/s1. The van der Waals surface area contributed by atoms with Gasteiger partial charge in [0.15, 0.2) is 6.10 Å². The summed E-state index contributed by atoms with van der Waals surface area (Å²) in [4.78, 5) is 26.7. The number of amides is 1. The van der Waals surface area contributed by atoms with Crippen LogP contribution in [0.25, 0.3) is 0 Å². The second kappa shape index (κ2) is 7.82. The van der Waals surface area contributed by atoms with E-state index in [1.165, 1.54) is 0 Å². The van der Waals surface area contributed by atoms with Crippen molar-refractivity contribution in [1.82, 2.24) is 4.90 Å². The Labute approximate surface area is 167 Å². The lowest BCUT2D eigenvalue weighted by atomic mass is 10.0. The van der Waals surface area contributed by atoms with Crippen LogP contribution >= 0.6 is 23.5 Å². The van der Waals surface area contributed by atoms with E-state index in [1.807, 2.05) is 73.0 Å². The van der Waals surface area contributed by atoms with Gasteiger partial charge in [-0.2, -0.15) is 0 Å². The van der Waals surface area contributed by atoms with Crippen LogP contribution in [0.5, 0.6) is 0 Å². The van der Waals surface area contributed by atoms with Gasteiger partial charge >= 0.3 is 5.97 Å². The minimum absolute atomic E-state index is 0.0220. The van der Waals surface area contributed by atoms with Crippen LogP contribution < -0.4 is 0 Å². The molecule has 1 unspecified atom stereocenters. The quantitative estimate of drug-likeness (QED) is 0.559. The van der Waals surface area contributed by atoms with E-state index in [2.05, 4.69) is 0 Å². The number of benzene rings is 2. The molecule has 27 heavy (non-hydrogen) atoms. The monoisotopic (exact) mass is 397 g/mol. The smallest absolute Gasteiger partial charge is 0.355 e. The van der Waals surface area contributed by atoms with Gasteiger partial charge in [0.05, 0.1) is 16.4 Å². The van der Waals surface area contributed by atoms with Gasteiger partial charge in [-0.3, -0.25) is 9.69 Å². The molecule has 2 heterocycles. The van der Waals surface area contributed by atoms with E-state index in [-0.39, 0.29) is 15.9 Å². The molecule has 0 radical (unpaired) electrons. The van der Waals surface area contributed by atoms with Crippen LogP contribution in [0.4, 0.5) is 0 Å². The fourth-order valence-electron chi connectivity index (χ4n) is 3.23.